The van der Waals surface area contributed by atoms with Crippen LogP contribution in [0, 0.1) is 0 Å². The second-order valence-electron chi connectivity index (χ2n) is 10.3. The van der Waals surface area contributed by atoms with E-state index >= 15 is 0 Å². The van der Waals surface area contributed by atoms with Gasteiger partial charge in [-0.05, 0) is 92.6 Å². The Balaban J connectivity index is 1.50. The molecule has 7 nitrogen and oxygen atoms in total. The van der Waals surface area contributed by atoms with Gasteiger partial charge in [0.15, 0.2) is 6.61 Å². The van der Waals surface area contributed by atoms with Gasteiger partial charge in [0.2, 0.25) is 10.0 Å². The highest BCUT2D eigenvalue weighted by Gasteiger charge is 2.28. The Hall–Kier alpha value is -3.01. The van der Waals surface area contributed by atoms with Gasteiger partial charge in [-0.1, -0.05) is 36.4 Å². The summed E-state index contributed by atoms with van der Waals surface area (Å²) in [5, 5.41) is 0. The predicted molar refractivity (Wildman–Crippen MR) is 148 cm³/mol. The first-order valence-corrected chi connectivity index (χ1v) is 15.5. The second-order valence-corrected chi connectivity index (χ2v) is 13.4. The van der Waals surface area contributed by atoms with Crippen molar-refractivity contribution in [2.24, 2.45) is 0 Å². The molecule has 2 unspecified atom stereocenters. The molecule has 0 saturated carbocycles. The molecule has 4 rings (SSSR count). The summed E-state index contributed by atoms with van der Waals surface area (Å²) in [5.74, 6) is 0.109. The second kappa shape index (κ2) is 11.4. The number of fused-ring (bicyclic) bond motifs is 1. The Labute approximate surface area is 227 Å². The highest BCUT2D eigenvalue weighted by Crippen LogP contribution is 2.36. The maximum absolute atomic E-state index is 13.3. The maximum Gasteiger partial charge on any atom is 0.344 e. The molecule has 0 spiro atoms. The van der Waals surface area contributed by atoms with E-state index in [1.54, 1.807) is 63.4 Å². The molecule has 0 saturated heterocycles. The standard InChI is InChI=1S/C29H33NO6S2/c1-29(2,3)36-28(31)19-35-27-13-7-10-24-25(27)11-6-12-26(24)30-38(33,34)23-16-14-20(15-17-23)21-8-5-9-22(18-21)37(4)32/h5,7-10,13-18,26,30H,6,11-12,19H2,1-4H3. The smallest absolute Gasteiger partial charge is 0.344 e. The van der Waals surface area contributed by atoms with Crippen LogP contribution in [0.4, 0.5) is 0 Å². The van der Waals surface area contributed by atoms with Crippen molar-refractivity contribution in [2.45, 2.75) is 61.5 Å². The van der Waals surface area contributed by atoms with Crippen molar-refractivity contribution in [1.82, 2.24) is 4.72 Å². The monoisotopic (exact) mass is 555 g/mol. The van der Waals surface area contributed by atoms with Crippen molar-refractivity contribution in [3.63, 3.8) is 0 Å². The van der Waals surface area contributed by atoms with E-state index in [2.05, 4.69) is 4.72 Å². The van der Waals surface area contributed by atoms with Gasteiger partial charge in [0.1, 0.15) is 11.4 Å². The number of benzene rings is 3. The summed E-state index contributed by atoms with van der Waals surface area (Å²) in [4.78, 5) is 13.0. The highest BCUT2D eigenvalue weighted by molar-refractivity contribution is 7.89. The quantitative estimate of drug-likeness (QED) is 0.385. The molecule has 0 fully saturated rings. The number of rotatable bonds is 8. The number of carbonyl (C=O) groups is 1. The van der Waals surface area contributed by atoms with Crippen LogP contribution in [-0.4, -0.2) is 37.1 Å². The van der Waals surface area contributed by atoms with E-state index in [0.29, 0.717) is 17.1 Å². The highest BCUT2D eigenvalue weighted by atomic mass is 32.2. The van der Waals surface area contributed by atoms with Crippen molar-refractivity contribution in [1.29, 1.82) is 0 Å². The zero-order valence-electron chi connectivity index (χ0n) is 22.0. The lowest BCUT2D eigenvalue weighted by Gasteiger charge is -2.28. The van der Waals surface area contributed by atoms with Gasteiger partial charge >= 0.3 is 5.97 Å². The first kappa shape index (κ1) is 28.0. The van der Waals surface area contributed by atoms with Crippen molar-refractivity contribution in [3.05, 3.63) is 77.9 Å². The van der Waals surface area contributed by atoms with E-state index in [1.807, 2.05) is 30.3 Å². The fourth-order valence-corrected chi connectivity index (χ4v) is 6.33. The summed E-state index contributed by atoms with van der Waals surface area (Å²) < 4.78 is 52.4. The van der Waals surface area contributed by atoms with Crippen molar-refractivity contribution < 1.29 is 26.9 Å². The summed E-state index contributed by atoms with van der Waals surface area (Å²) in [6.07, 6.45) is 3.79. The number of hydrogen-bond acceptors (Lipinski definition) is 6. The minimum absolute atomic E-state index is 0.168. The molecule has 0 amide bonds. The normalized spacial score (nSPS) is 16.4. The third-order valence-corrected chi connectivity index (χ3v) is 8.60. The molecule has 1 N–H and O–H groups in total. The van der Waals surface area contributed by atoms with Crippen LogP contribution in [0.3, 0.4) is 0 Å². The fraction of sp³-hybridized carbons (Fsp3) is 0.345. The predicted octanol–water partition coefficient (Wildman–Crippen LogP) is 5.17. The van der Waals surface area contributed by atoms with Gasteiger partial charge in [0.25, 0.3) is 0 Å². The van der Waals surface area contributed by atoms with Crippen molar-refractivity contribution >= 4 is 26.8 Å². The first-order chi connectivity index (χ1) is 17.9. The number of carbonyl (C=O) groups excluding carboxylic acids is 1. The van der Waals surface area contributed by atoms with Crippen molar-refractivity contribution in [3.8, 4) is 16.9 Å². The minimum atomic E-state index is -3.80. The Morgan fingerprint density at radius 1 is 1.03 bits per heavy atom. The minimum Gasteiger partial charge on any atom is -0.482 e. The van der Waals surface area contributed by atoms with E-state index < -0.39 is 38.4 Å². The topological polar surface area (TPSA) is 98.8 Å². The molecule has 2 atom stereocenters. The fourth-order valence-electron chi connectivity index (χ4n) is 4.52. The van der Waals surface area contributed by atoms with Gasteiger partial charge in [-0.3, -0.25) is 4.21 Å². The van der Waals surface area contributed by atoms with Crippen LogP contribution in [0.25, 0.3) is 11.1 Å². The molecule has 9 heteroatoms. The largest absolute Gasteiger partial charge is 0.482 e. The molecule has 0 radical (unpaired) electrons. The van der Waals surface area contributed by atoms with E-state index in [4.69, 9.17) is 9.47 Å². The Bertz CT molecular complexity index is 1440. The average molecular weight is 556 g/mol. The number of sulfonamides is 1. The summed E-state index contributed by atoms with van der Waals surface area (Å²) in [6, 6.07) is 19.1. The lowest BCUT2D eigenvalue weighted by molar-refractivity contribution is -0.157. The number of ether oxygens (including phenoxy) is 2. The summed E-state index contributed by atoms with van der Waals surface area (Å²) in [6.45, 7) is 5.18. The van der Waals surface area contributed by atoms with Crippen molar-refractivity contribution in [2.75, 3.05) is 12.9 Å². The SMILES string of the molecule is CS(=O)c1cccc(-c2ccc(S(=O)(=O)NC3CCCc4c(OCC(=O)OC(C)(C)C)cccc43)cc2)c1. The summed E-state index contributed by atoms with van der Waals surface area (Å²) in [5.41, 5.74) is 2.86. The van der Waals surface area contributed by atoms with E-state index in [-0.39, 0.29) is 11.5 Å². The summed E-state index contributed by atoms with van der Waals surface area (Å²) in [7, 11) is -4.90. The third-order valence-electron chi connectivity index (χ3n) is 6.19. The molecule has 1 aliphatic rings. The van der Waals surface area contributed by atoms with Gasteiger partial charge < -0.3 is 9.47 Å². The molecule has 0 bridgehead atoms. The maximum atomic E-state index is 13.3. The first-order valence-electron chi connectivity index (χ1n) is 12.5. The van der Waals surface area contributed by atoms with Crippen LogP contribution in [-0.2, 0) is 36.8 Å². The van der Waals surface area contributed by atoms with Crippen LogP contribution < -0.4 is 9.46 Å². The van der Waals surface area contributed by atoms with Gasteiger partial charge in [-0.15, -0.1) is 0 Å². The van der Waals surface area contributed by atoms with Crippen LogP contribution >= 0.6 is 0 Å². The van der Waals surface area contributed by atoms with Crippen LogP contribution in [0.5, 0.6) is 5.75 Å². The lowest BCUT2D eigenvalue weighted by atomic mass is 9.87. The third kappa shape index (κ3) is 6.89. The molecule has 3 aromatic rings. The van der Waals surface area contributed by atoms with Crippen LogP contribution in [0.1, 0.15) is 50.8 Å². The zero-order valence-corrected chi connectivity index (χ0v) is 23.7. The van der Waals surface area contributed by atoms with Crippen LogP contribution in [0.2, 0.25) is 0 Å². The Morgan fingerprint density at radius 3 is 2.42 bits per heavy atom. The molecule has 0 aliphatic heterocycles. The van der Waals surface area contributed by atoms with Gasteiger partial charge in [0, 0.05) is 28.0 Å². The number of nitrogens with one attached hydrogen (secondary N) is 1. The molecule has 38 heavy (non-hydrogen) atoms. The Kier molecular flexibility index (Phi) is 8.40. The molecule has 3 aromatic carbocycles. The van der Waals surface area contributed by atoms with E-state index in [0.717, 1.165) is 35.1 Å². The van der Waals surface area contributed by atoms with Gasteiger partial charge in [-0.2, -0.15) is 0 Å². The van der Waals surface area contributed by atoms with E-state index in [1.165, 1.54) is 0 Å². The molecular weight excluding hydrogens is 522 g/mol. The van der Waals surface area contributed by atoms with Gasteiger partial charge in [-0.25, -0.2) is 17.9 Å². The number of hydrogen-bond donors (Lipinski definition) is 1. The average Bonchev–Trinajstić information content (AvgIpc) is 2.86. The van der Waals surface area contributed by atoms with E-state index in [9.17, 15) is 17.4 Å². The Morgan fingerprint density at radius 2 is 1.74 bits per heavy atom. The van der Waals surface area contributed by atoms with Gasteiger partial charge in [0.05, 0.1) is 4.90 Å². The molecule has 0 heterocycles. The lowest BCUT2D eigenvalue weighted by Crippen LogP contribution is -2.31. The molecule has 1 aliphatic carbocycles. The molecule has 202 valence electrons. The number of esters is 1. The van der Waals surface area contributed by atoms with Crippen LogP contribution in [0.15, 0.2) is 76.5 Å². The molecular formula is C29H33NO6S2. The summed E-state index contributed by atoms with van der Waals surface area (Å²) >= 11 is 0. The molecule has 0 aromatic heterocycles. The zero-order chi connectivity index (χ0) is 27.5.